The molecule has 0 fully saturated rings. The van der Waals surface area contributed by atoms with Gasteiger partial charge in [-0.25, -0.2) is 9.97 Å². The third kappa shape index (κ3) is 6.68. The van der Waals surface area contributed by atoms with E-state index >= 15 is 0 Å². The molecule has 0 saturated carbocycles. The third-order valence-corrected chi connectivity index (χ3v) is 14.1. The molecule has 3 heterocycles. The molecule has 0 spiro atoms. The Labute approximate surface area is 371 Å². The average molecular weight is 839 g/mol. The summed E-state index contributed by atoms with van der Waals surface area (Å²) in [6, 6.07) is 75.4. The molecule has 12 aromatic rings. The first-order chi connectivity index (χ1) is 31.1. The van der Waals surface area contributed by atoms with Crippen molar-refractivity contribution in [2.24, 2.45) is 0 Å². The number of nitriles is 1. The van der Waals surface area contributed by atoms with E-state index < -0.39 is 0 Å². The molecule has 0 N–H and O–H groups in total. The maximum Gasteiger partial charge on any atom is 0.124 e. The van der Waals surface area contributed by atoms with E-state index in [-0.39, 0.29) is 0 Å². The van der Waals surface area contributed by atoms with Crippen molar-refractivity contribution in [2.45, 2.75) is 0 Å². The molecule has 0 aliphatic rings. The molecule has 63 heavy (non-hydrogen) atoms. The molecule has 0 amide bonds. The predicted molar refractivity (Wildman–Crippen MR) is 264 cm³/mol. The van der Waals surface area contributed by atoms with E-state index in [9.17, 15) is 5.26 Å². The summed E-state index contributed by atoms with van der Waals surface area (Å²) in [5.74, 6) is 0. The number of aromatic nitrogens is 3. The first kappa shape index (κ1) is 36.9. The third-order valence-electron chi connectivity index (χ3n) is 11.9. The summed E-state index contributed by atoms with van der Waals surface area (Å²) in [6.45, 7) is 0. The Morgan fingerprint density at radius 2 is 0.746 bits per heavy atom. The van der Waals surface area contributed by atoms with Crippen molar-refractivity contribution in [3.8, 4) is 77.4 Å². The van der Waals surface area contributed by atoms with Gasteiger partial charge in [-0.2, -0.15) is 5.26 Å². The lowest BCUT2D eigenvalue weighted by molar-refractivity contribution is 1.18. The van der Waals surface area contributed by atoms with Crippen molar-refractivity contribution in [2.75, 3.05) is 0 Å². The fourth-order valence-corrected chi connectivity index (χ4v) is 10.6. The first-order valence-corrected chi connectivity index (χ1v) is 22.5. The monoisotopic (exact) mass is 838 g/mol. The van der Waals surface area contributed by atoms with Crippen LogP contribution in [-0.4, -0.2) is 14.5 Å². The van der Waals surface area contributed by atoms with Gasteiger partial charge < -0.3 is 4.57 Å². The van der Waals surface area contributed by atoms with Crippen LogP contribution < -0.4 is 0 Å². The summed E-state index contributed by atoms with van der Waals surface area (Å²) in [7, 11) is 0. The SMILES string of the molecule is N#Cc1ccc(-c2ccc(-c3ccc(-n4c5ccc(-c6ccc7sc(-c8ccccc8)nc7c6)cc5c5cc(-c6ccc7sc(-c8ccccc8)nc7c6)ccc54)cc3)cc2)cc1. The van der Waals surface area contributed by atoms with Gasteiger partial charge in [-0.3, -0.25) is 0 Å². The second kappa shape index (κ2) is 15.2. The maximum absolute atomic E-state index is 9.22. The number of fused-ring (bicyclic) bond motifs is 5. The second-order valence-corrected chi connectivity index (χ2v) is 17.8. The Morgan fingerprint density at radius 1 is 0.365 bits per heavy atom. The highest BCUT2D eigenvalue weighted by Crippen LogP contribution is 2.40. The Morgan fingerprint density at radius 3 is 1.19 bits per heavy atom. The molecule has 4 nitrogen and oxygen atoms in total. The van der Waals surface area contributed by atoms with Crippen LogP contribution in [0, 0.1) is 11.3 Å². The number of nitrogens with zero attached hydrogens (tertiary/aromatic N) is 4. The molecule has 0 radical (unpaired) electrons. The predicted octanol–water partition coefficient (Wildman–Crippen LogP) is 15.9. The van der Waals surface area contributed by atoms with Gasteiger partial charge in [0.1, 0.15) is 10.0 Å². The molecule has 0 aliphatic heterocycles. The van der Waals surface area contributed by atoms with Crippen molar-refractivity contribution in [1.82, 2.24) is 14.5 Å². The van der Waals surface area contributed by atoms with Crippen LogP contribution in [0.5, 0.6) is 0 Å². The topological polar surface area (TPSA) is 54.5 Å². The van der Waals surface area contributed by atoms with Crippen LogP contribution in [0.3, 0.4) is 0 Å². The van der Waals surface area contributed by atoms with E-state index in [2.05, 4.69) is 180 Å². The zero-order valence-corrected chi connectivity index (χ0v) is 35.4. The van der Waals surface area contributed by atoms with Crippen molar-refractivity contribution < 1.29 is 0 Å². The minimum absolute atomic E-state index is 0.664. The molecule has 9 aromatic carbocycles. The largest absolute Gasteiger partial charge is 0.309 e. The molecule has 294 valence electrons. The summed E-state index contributed by atoms with van der Waals surface area (Å²) >= 11 is 3.47. The van der Waals surface area contributed by atoms with Crippen molar-refractivity contribution in [3.05, 3.63) is 212 Å². The van der Waals surface area contributed by atoms with Gasteiger partial charge in [0, 0.05) is 27.6 Å². The lowest BCUT2D eigenvalue weighted by atomic mass is 9.99. The average Bonchev–Trinajstić information content (AvgIpc) is 4.08. The van der Waals surface area contributed by atoms with Gasteiger partial charge in [-0.1, -0.05) is 133 Å². The lowest BCUT2D eigenvalue weighted by Gasteiger charge is -2.11. The van der Waals surface area contributed by atoms with E-state index in [1.807, 2.05) is 36.4 Å². The molecule has 6 heteroatoms. The number of hydrogen-bond acceptors (Lipinski definition) is 5. The Kier molecular flexibility index (Phi) is 8.89. The molecule has 0 unspecified atom stereocenters. The zero-order valence-electron chi connectivity index (χ0n) is 33.7. The smallest absolute Gasteiger partial charge is 0.124 e. The molecule has 0 aliphatic carbocycles. The van der Waals surface area contributed by atoms with Crippen LogP contribution in [0.4, 0.5) is 0 Å². The number of rotatable bonds is 7. The van der Waals surface area contributed by atoms with Crippen LogP contribution in [0.2, 0.25) is 0 Å². The Balaban J connectivity index is 0.950. The highest BCUT2D eigenvalue weighted by Gasteiger charge is 2.17. The Hall–Kier alpha value is -7.95. The summed E-state index contributed by atoms with van der Waals surface area (Å²) in [4.78, 5) is 10.1. The van der Waals surface area contributed by atoms with Gasteiger partial charge in [-0.15, -0.1) is 22.7 Å². The van der Waals surface area contributed by atoms with Crippen LogP contribution in [0.25, 0.3) is 114 Å². The van der Waals surface area contributed by atoms with Crippen molar-refractivity contribution >= 4 is 64.9 Å². The van der Waals surface area contributed by atoms with Crippen LogP contribution in [0.15, 0.2) is 206 Å². The maximum atomic E-state index is 9.22. The standard InChI is InChI=1S/C57H34N4S2/c58-35-36-11-13-37(14-12-36)38-15-17-39(18-16-38)40-19-25-47(26-20-40)61-52-27-21-43(45-23-29-54-50(33-45)59-56(62-54)41-7-3-1-4-8-41)31-48(52)49-32-44(22-28-53(49)61)46-24-30-55-51(34-46)60-57(63-55)42-9-5-2-6-10-42/h1-34H. The molecule has 0 saturated heterocycles. The first-order valence-electron chi connectivity index (χ1n) is 20.8. The molecular formula is C57H34N4S2. The van der Waals surface area contributed by atoms with E-state index in [1.54, 1.807) is 22.7 Å². The number of thiazole rings is 2. The highest BCUT2D eigenvalue weighted by molar-refractivity contribution is 7.22. The zero-order chi connectivity index (χ0) is 41.9. The second-order valence-electron chi connectivity index (χ2n) is 15.7. The van der Waals surface area contributed by atoms with Crippen LogP contribution >= 0.6 is 22.7 Å². The van der Waals surface area contributed by atoms with E-state index in [4.69, 9.17) is 9.97 Å². The van der Waals surface area contributed by atoms with E-state index in [0.717, 1.165) is 93.4 Å². The van der Waals surface area contributed by atoms with Gasteiger partial charge in [-0.05, 0) is 117 Å². The minimum atomic E-state index is 0.664. The van der Waals surface area contributed by atoms with Gasteiger partial charge in [0.2, 0.25) is 0 Å². The molecule has 0 bridgehead atoms. The van der Waals surface area contributed by atoms with Gasteiger partial charge in [0.15, 0.2) is 0 Å². The number of hydrogen-bond donors (Lipinski definition) is 0. The van der Waals surface area contributed by atoms with Crippen molar-refractivity contribution in [1.29, 1.82) is 5.26 Å². The lowest BCUT2D eigenvalue weighted by Crippen LogP contribution is -1.94. The van der Waals surface area contributed by atoms with Gasteiger partial charge in [0.05, 0.1) is 43.1 Å². The fraction of sp³-hybridized carbons (Fsp3) is 0. The molecular weight excluding hydrogens is 805 g/mol. The number of benzene rings is 9. The summed E-state index contributed by atoms with van der Waals surface area (Å²) in [5.41, 5.74) is 17.5. The van der Waals surface area contributed by atoms with Gasteiger partial charge >= 0.3 is 0 Å². The normalized spacial score (nSPS) is 11.5. The van der Waals surface area contributed by atoms with Crippen LogP contribution in [0.1, 0.15) is 5.56 Å². The van der Waals surface area contributed by atoms with E-state index in [1.165, 1.54) is 20.2 Å². The summed E-state index contributed by atoms with van der Waals surface area (Å²) in [5, 5.41) is 13.7. The quantitative estimate of drug-likeness (QED) is 0.161. The van der Waals surface area contributed by atoms with Gasteiger partial charge in [0.25, 0.3) is 0 Å². The summed E-state index contributed by atoms with van der Waals surface area (Å²) in [6.07, 6.45) is 0. The summed E-state index contributed by atoms with van der Waals surface area (Å²) < 4.78 is 4.75. The van der Waals surface area contributed by atoms with Crippen molar-refractivity contribution in [3.63, 3.8) is 0 Å². The molecule has 0 atom stereocenters. The fourth-order valence-electron chi connectivity index (χ4n) is 8.68. The van der Waals surface area contributed by atoms with E-state index in [0.29, 0.717) is 5.56 Å². The molecule has 12 rings (SSSR count). The molecule has 3 aromatic heterocycles. The minimum Gasteiger partial charge on any atom is -0.309 e. The Bertz CT molecular complexity index is 3530. The van der Waals surface area contributed by atoms with Crippen LogP contribution in [-0.2, 0) is 0 Å². The highest BCUT2D eigenvalue weighted by atomic mass is 32.1.